The average Bonchev–Trinajstić information content (AvgIpc) is 3.28. The first kappa shape index (κ1) is 13.9. The molecule has 2 aliphatic carbocycles. The largest absolute Gasteiger partial charge is 0.487 e. The summed E-state index contributed by atoms with van der Waals surface area (Å²) >= 11 is 0. The van der Waals surface area contributed by atoms with E-state index in [1.807, 2.05) is 12.1 Å². The topological polar surface area (TPSA) is 41.5 Å². The van der Waals surface area contributed by atoms with E-state index in [-0.39, 0.29) is 12.2 Å². The summed E-state index contributed by atoms with van der Waals surface area (Å²) in [5, 5.41) is 13.7. The average molecular weight is 275 g/mol. The van der Waals surface area contributed by atoms with Crippen LogP contribution in [0.15, 0.2) is 24.3 Å². The predicted molar refractivity (Wildman–Crippen MR) is 79.8 cm³/mol. The molecule has 2 atom stereocenters. The SMILES string of the molecule is OC1CCCCCC1Oc1ccccc1CNC1CC1. The lowest BCUT2D eigenvalue weighted by molar-refractivity contribution is 0.0314. The number of aliphatic hydroxyl groups excluding tert-OH is 1. The summed E-state index contributed by atoms with van der Waals surface area (Å²) < 4.78 is 6.14. The van der Waals surface area contributed by atoms with E-state index in [2.05, 4.69) is 17.4 Å². The van der Waals surface area contributed by atoms with Crippen LogP contribution >= 0.6 is 0 Å². The van der Waals surface area contributed by atoms with Gasteiger partial charge in [0, 0.05) is 18.2 Å². The fraction of sp³-hybridized carbons (Fsp3) is 0.647. The van der Waals surface area contributed by atoms with Crippen LogP contribution in [0.2, 0.25) is 0 Å². The highest BCUT2D eigenvalue weighted by molar-refractivity contribution is 5.33. The summed E-state index contributed by atoms with van der Waals surface area (Å²) in [6, 6.07) is 8.92. The van der Waals surface area contributed by atoms with Crippen molar-refractivity contribution in [3.8, 4) is 5.75 Å². The first-order chi connectivity index (χ1) is 9.83. The Morgan fingerprint density at radius 2 is 1.85 bits per heavy atom. The smallest absolute Gasteiger partial charge is 0.124 e. The number of benzene rings is 1. The zero-order valence-corrected chi connectivity index (χ0v) is 12.1. The molecule has 0 aliphatic heterocycles. The minimum Gasteiger partial charge on any atom is -0.487 e. The molecule has 0 aromatic heterocycles. The number of hydrogen-bond acceptors (Lipinski definition) is 3. The van der Waals surface area contributed by atoms with E-state index in [9.17, 15) is 5.11 Å². The lowest BCUT2D eigenvalue weighted by atomic mass is 10.1. The molecule has 110 valence electrons. The molecule has 0 amide bonds. The van der Waals surface area contributed by atoms with E-state index in [0.717, 1.165) is 38.0 Å². The van der Waals surface area contributed by atoms with Gasteiger partial charge in [0.2, 0.25) is 0 Å². The van der Waals surface area contributed by atoms with E-state index in [1.165, 1.54) is 24.8 Å². The second-order valence-electron chi connectivity index (χ2n) is 6.12. The van der Waals surface area contributed by atoms with E-state index < -0.39 is 0 Å². The van der Waals surface area contributed by atoms with E-state index in [4.69, 9.17) is 4.74 Å². The van der Waals surface area contributed by atoms with Crippen LogP contribution in [0.25, 0.3) is 0 Å². The van der Waals surface area contributed by atoms with Gasteiger partial charge in [-0.2, -0.15) is 0 Å². The number of aliphatic hydroxyl groups is 1. The van der Waals surface area contributed by atoms with Crippen molar-refractivity contribution in [1.82, 2.24) is 5.32 Å². The maximum atomic E-state index is 10.2. The molecule has 3 heteroatoms. The van der Waals surface area contributed by atoms with Gasteiger partial charge in [0.1, 0.15) is 11.9 Å². The van der Waals surface area contributed by atoms with Gasteiger partial charge in [0.15, 0.2) is 0 Å². The molecule has 1 aromatic carbocycles. The van der Waals surface area contributed by atoms with Crippen molar-refractivity contribution in [1.29, 1.82) is 0 Å². The number of ether oxygens (including phenoxy) is 1. The van der Waals surface area contributed by atoms with E-state index in [1.54, 1.807) is 0 Å². The summed E-state index contributed by atoms with van der Waals surface area (Å²) in [7, 11) is 0. The third kappa shape index (κ3) is 3.74. The molecule has 2 saturated carbocycles. The summed E-state index contributed by atoms with van der Waals surface area (Å²) in [4.78, 5) is 0. The molecule has 2 aliphatic rings. The maximum Gasteiger partial charge on any atom is 0.124 e. The van der Waals surface area contributed by atoms with Gasteiger partial charge in [-0.25, -0.2) is 0 Å². The molecule has 0 bridgehead atoms. The van der Waals surface area contributed by atoms with Crippen LogP contribution in [-0.4, -0.2) is 23.4 Å². The van der Waals surface area contributed by atoms with Crippen molar-refractivity contribution in [2.75, 3.05) is 0 Å². The Bertz CT molecular complexity index is 431. The van der Waals surface area contributed by atoms with Crippen LogP contribution in [0.1, 0.15) is 50.5 Å². The minimum atomic E-state index is -0.318. The molecule has 0 heterocycles. The number of hydrogen-bond donors (Lipinski definition) is 2. The molecule has 0 spiro atoms. The molecule has 3 nitrogen and oxygen atoms in total. The zero-order chi connectivity index (χ0) is 13.8. The highest BCUT2D eigenvalue weighted by Crippen LogP contribution is 2.27. The third-order valence-corrected chi connectivity index (χ3v) is 4.33. The Morgan fingerprint density at radius 3 is 2.70 bits per heavy atom. The van der Waals surface area contributed by atoms with Gasteiger partial charge >= 0.3 is 0 Å². The Balaban J connectivity index is 1.65. The molecule has 2 fully saturated rings. The monoisotopic (exact) mass is 275 g/mol. The molecule has 0 saturated heterocycles. The molecule has 20 heavy (non-hydrogen) atoms. The van der Waals surface area contributed by atoms with Crippen LogP contribution < -0.4 is 10.1 Å². The van der Waals surface area contributed by atoms with Gasteiger partial charge in [0.25, 0.3) is 0 Å². The number of rotatable bonds is 5. The van der Waals surface area contributed by atoms with Crippen molar-refractivity contribution in [2.45, 2.75) is 69.7 Å². The summed E-state index contributed by atoms with van der Waals surface area (Å²) in [5.41, 5.74) is 1.20. The Hall–Kier alpha value is -1.06. The summed E-state index contributed by atoms with van der Waals surface area (Å²) in [6.45, 7) is 0.865. The molecule has 2 N–H and O–H groups in total. The van der Waals surface area contributed by atoms with Gasteiger partial charge < -0.3 is 15.2 Å². The lowest BCUT2D eigenvalue weighted by Crippen LogP contribution is -2.31. The molecular formula is C17H25NO2. The second kappa shape index (κ2) is 6.59. The normalized spacial score (nSPS) is 27.1. The van der Waals surface area contributed by atoms with Crippen LogP contribution in [0.5, 0.6) is 5.75 Å². The Labute approximate surface area is 121 Å². The molecule has 2 unspecified atom stereocenters. The minimum absolute atomic E-state index is 0.0421. The first-order valence-corrected chi connectivity index (χ1v) is 7.99. The van der Waals surface area contributed by atoms with E-state index >= 15 is 0 Å². The Kier molecular flexibility index (Phi) is 4.58. The van der Waals surface area contributed by atoms with Gasteiger partial charge in [-0.3, -0.25) is 0 Å². The van der Waals surface area contributed by atoms with Crippen LogP contribution in [0.3, 0.4) is 0 Å². The summed E-state index contributed by atoms with van der Waals surface area (Å²) in [6.07, 6.45) is 7.55. The van der Waals surface area contributed by atoms with Crippen molar-refractivity contribution >= 4 is 0 Å². The highest BCUT2D eigenvalue weighted by Gasteiger charge is 2.24. The van der Waals surface area contributed by atoms with Crippen molar-refractivity contribution in [2.24, 2.45) is 0 Å². The Morgan fingerprint density at radius 1 is 1.05 bits per heavy atom. The van der Waals surface area contributed by atoms with Crippen LogP contribution in [0.4, 0.5) is 0 Å². The van der Waals surface area contributed by atoms with Gasteiger partial charge in [-0.05, 0) is 38.2 Å². The third-order valence-electron chi connectivity index (χ3n) is 4.33. The fourth-order valence-corrected chi connectivity index (χ4v) is 2.86. The zero-order valence-electron chi connectivity index (χ0n) is 12.1. The second-order valence-corrected chi connectivity index (χ2v) is 6.12. The molecule has 1 aromatic rings. The molecular weight excluding hydrogens is 250 g/mol. The maximum absolute atomic E-state index is 10.2. The first-order valence-electron chi connectivity index (χ1n) is 7.99. The highest BCUT2D eigenvalue weighted by atomic mass is 16.5. The molecule has 3 rings (SSSR count). The molecule has 0 radical (unpaired) electrons. The van der Waals surface area contributed by atoms with Gasteiger partial charge in [-0.1, -0.05) is 31.0 Å². The van der Waals surface area contributed by atoms with Crippen LogP contribution in [0, 0.1) is 0 Å². The van der Waals surface area contributed by atoms with Gasteiger partial charge in [0.05, 0.1) is 6.10 Å². The van der Waals surface area contributed by atoms with Crippen molar-refractivity contribution in [3.63, 3.8) is 0 Å². The van der Waals surface area contributed by atoms with Crippen molar-refractivity contribution < 1.29 is 9.84 Å². The quantitative estimate of drug-likeness (QED) is 0.812. The number of nitrogens with one attached hydrogen (secondary N) is 1. The fourth-order valence-electron chi connectivity index (χ4n) is 2.86. The van der Waals surface area contributed by atoms with Crippen molar-refractivity contribution in [3.05, 3.63) is 29.8 Å². The number of para-hydroxylation sites is 1. The van der Waals surface area contributed by atoms with Gasteiger partial charge in [-0.15, -0.1) is 0 Å². The predicted octanol–water partition coefficient (Wildman–Crippen LogP) is 3.01. The lowest BCUT2D eigenvalue weighted by Gasteiger charge is -2.23. The summed E-state index contributed by atoms with van der Waals surface area (Å²) in [5.74, 6) is 0.937. The van der Waals surface area contributed by atoms with E-state index in [0.29, 0.717) is 6.04 Å². The van der Waals surface area contributed by atoms with Crippen LogP contribution in [-0.2, 0) is 6.54 Å². The standard InChI is InChI=1S/C17H25NO2/c19-15-7-2-1-3-9-17(15)20-16-8-5-4-6-13(16)12-18-14-10-11-14/h4-6,8,14-15,17-19H,1-3,7,9-12H2.